The van der Waals surface area contributed by atoms with Crippen LogP contribution in [0, 0.1) is 12.8 Å². The van der Waals surface area contributed by atoms with E-state index in [4.69, 9.17) is 17.0 Å². The Labute approximate surface area is 159 Å². The van der Waals surface area contributed by atoms with Crippen molar-refractivity contribution in [1.82, 2.24) is 5.32 Å². The molecule has 4 nitrogen and oxygen atoms in total. The van der Waals surface area contributed by atoms with Gasteiger partial charge in [0, 0.05) is 0 Å². The third-order valence-corrected chi connectivity index (χ3v) is 4.18. The number of nitrogens with zero attached hydrogens (tertiary/aromatic N) is 1. The zero-order valence-electron chi connectivity index (χ0n) is 15.2. The summed E-state index contributed by atoms with van der Waals surface area (Å²) in [5.41, 5.74) is 3.18. The number of rotatable bonds is 5. The second-order valence-electron chi connectivity index (χ2n) is 6.75. The van der Waals surface area contributed by atoms with Gasteiger partial charge in [0.1, 0.15) is 11.4 Å². The van der Waals surface area contributed by atoms with E-state index < -0.39 is 0 Å². The van der Waals surface area contributed by atoms with Crippen LogP contribution in [0.25, 0.3) is 6.08 Å². The molecule has 0 atom stereocenters. The number of thiocarbonyl (C=S) groups is 1. The number of carbonyl (C=O) groups is 1. The lowest BCUT2D eigenvalue weighted by atomic mass is 10.1. The third kappa shape index (κ3) is 4.11. The van der Waals surface area contributed by atoms with Crippen molar-refractivity contribution < 1.29 is 9.53 Å². The lowest BCUT2D eigenvalue weighted by Gasteiger charge is -2.14. The maximum atomic E-state index is 12.8. The van der Waals surface area contributed by atoms with Crippen LogP contribution in [0.2, 0.25) is 0 Å². The Morgan fingerprint density at radius 1 is 1.19 bits per heavy atom. The zero-order valence-corrected chi connectivity index (χ0v) is 16.0. The fourth-order valence-corrected chi connectivity index (χ4v) is 2.96. The van der Waals surface area contributed by atoms with Gasteiger partial charge in [0.25, 0.3) is 5.91 Å². The molecule has 2 aromatic carbocycles. The van der Waals surface area contributed by atoms with Crippen LogP contribution in [0.4, 0.5) is 5.69 Å². The van der Waals surface area contributed by atoms with Gasteiger partial charge >= 0.3 is 0 Å². The van der Waals surface area contributed by atoms with E-state index in [1.165, 1.54) is 4.90 Å². The molecule has 1 aliphatic rings. The highest BCUT2D eigenvalue weighted by atomic mass is 32.1. The van der Waals surface area contributed by atoms with E-state index in [9.17, 15) is 4.79 Å². The van der Waals surface area contributed by atoms with E-state index in [2.05, 4.69) is 19.2 Å². The van der Waals surface area contributed by atoms with Gasteiger partial charge in [-0.25, -0.2) is 0 Å². The number of ether oxygens (including phenoxy) is 1. The molecule has 0 aliphatic carbocycles. The molecule has 0 spiro atoms. The number of hydrogen-bond acceptors (Lipinski definition) is 3. The molecule has 1 aliphatic heterocycles. The standard InChI is InChI=1S/C21H22N2O2S/c1-14(2)13-25-18-9-5-7-16(11-18)12-19-20(24)23(21(26)22-19)17-8-4-6-15(3)10-17/h4-12,14H,13H2,1-3H3,(H,22,26)/b19-12+. The monoisotopic (exact) mass is 366 g/mol. The van der Waals surface area contributed by atoms with Crippen LogP contribution in [-0.4, -0.2) is 17.6 Å². The smallest absolute Gasteiger partial charge is 0.281 e. The summed E-state index contributed by atoms with van der Waals surface area (Å²) >= 11 is 5.36. The molecule has 1 heterocycles. The van der Waals surface area contributed by atoms with Gasteiger partial charge < -0.3 is 10.1 Å². The van der Waals surface area contributed by atoms with Crippen LogP contribution >= 0.6 is 12.2 Å². The first-order valence-corrected chi connectivity index (χ1v) is 9.01. The Morgan fingerprint density at radius 3 is 2.69 bits per heavy atom. The summed E-state index contributed by atoms with van der Waals surface area (Å²) in [4.78, 5) is 14.3. The molecule has 0 bridgehead atoms. The molecule has 0 radical (unpaired) electrons. The van der Waals surface area contributed by atoms with Gasteiger partial charge in [-0.2, -0.15) is 0 Å². The van der Waals surface area contributed by atoms with Crippen LogP contribution in [-0.2, 0) is 4.79 Å². The van der Waals surface area contributed by atoms with Crippen molar-refractivity contribution >= 4 is 35.0 Å². The first-order valence-electron chi connectivity index (χ1n) is 8.60. The summed E-state index contributed by atoms with van der Waals surface area (Å²) < 4.78 is 5.75. The van der Waals surface area contributed by atoms with Crippen LogP contribution < -0.4 is 15.0 Å². The number of anilines is 1. The predicted octanol–water partition coefficient (Wildman–Crippen LogP) is 4.29. The van der Waals surface area contributed by atoms with Crippen molar-refractivity contribution in [3.8, 4) is 5.75 Å². The molecule has 1 fully saturated rings. The van der Waals surface area contributed by atoms with Crippen molar-refractivity contribution in [2.75, 3.05) is 11.5 Å². The largest absolute Gasteiger partial charge is 0.493 e. The normalized spacial score (nSPS) is 15.7. The fourth-order valence-electron chi connectivity index (χ4n) is 2.66. The van der Waals surface area contributed by atoms with E-state index in [-0.39, 0.29) is 5.91 Å². The Bertz CT molecular complexity index is 874. The molecule has 1 N–H and O–H groups in total. The Balaban J connectivity index is 1.83. The van der Waals surface area contributed by atoms with Crippen LogP contribution in [0.15, 0.2) is 54.2 Å². The summed E-state index contributed by atoms with van der Waals surface area (Å²) in [6.45, 7) is 6.85. The second-order valence-corrected chi connectivity index (χ2v) is 7.13. The molecule has 2 aromatic rings. The zero-order chi connectivity index (χ0) is 18.7. The van der Waals surface area contributed by atoms with Crippen molar-refractivity contribution in [2.45, 2.75) is 20.8 Å². The minimum atomic E-state index is -0.158. The predicted molar refractivity (Wildman–Crippen MR) is 109 cm³/mol. The van der Waals surface area contributed by atoms with Gasteiger partial charge in [-0.15, -0.1) is 0 Å². The average Bonchev–Trinajstić information content (AvgIpc) is 2.87. The summed E-state index contributed by atoms with van der Waals surface area (Å²) in [5.74, 6) is 1.08. The molecule has 3 rings (SSSR count). The van der Waals surface area contributed by atoms with Crippen molar-refractivity contribution in [3.05, 3.63) is 65.4 Å². The third-order valence-electron chi connectivity index (χ3n) is 3.89. The lowest BCUT2D eigenvalue weighted by molar-refractivity contribution is -0.113. The van der Waals surface area contributed by atoms with E-state index >= 15 is 0 Å². The average molecular weight is 366 g/mol. The van der Waals surface area contributed by atoms with Gasteiger partial charge in [0.15, 0.2) is 5.11 Å². The van der Waals surface area contributed by atoms with Crippen LogP contribution in [0.3, 0.4) is 0 Å². The fraction of sp³-hybridized carbons (Fsp3) is 0.238. The van der Waals surface area contributed by atoms with Crippen LogP contribution in [0.5, 0.6) is 5.75 Å². The summed E-state index contributed by atoms with van der Waals surface area (Å²) in [5, 5.41) is 3.41. The minimum Gasteiger partial charge on any atom is -0.493 e. The number of carbonyl (C=O) groups excluding carboxylic acids is 1. The maximum absolute atomic E-state index is 12.8. The van der Waals surface area contributed by atoms with Gasteiger partial charge in [0.2, 0.25) is 0 Å². The first kappa shape index (κ1) is 18.1. The summed E-state index contributed by atoms with van der Waals surface area (Å²) in [7, 11) is 0. The van der Waals surface area contributed by atoms with Gasteiger partial charge in [0.05, 0.1) is 12.3 Å². The van der Waals surface area contributed by atoms with E-state index in [1.54, 1.807) is 6.08 Å². The lowest BCUT2D eigenvalue weighted by Crippen LogP contribution is -2.30. The minimum absolute atomic E-state index is 0.158. The number of aryl methyl sites for hydroxylation is 1. The van der Waals surface area contributed by atoms with Gasteiger partial charge in [-0.1, -0.05) is 38.1 Å². The van der Waals surface area contributed by atoms with E-state index in [1.807, 2.05) is 55.5 Å². The van der Waals surface area contributed by atoms with Crippen molar-refractivity contribution in [1.29, 1.82) is 0 Å². The molecule has 0 aromatic heterocycles. The number of nitrogens with one attached hydrogen (secondary N) is 1. The van der Waals surface area contributed by atoms with Crippen molar-refractivity contribution in [2.24, 2.45) is 5.92 Å². The topological polar surface area (TPSA) is 41.6 Å². The molecule has 0 unspecified atom stereocenters. The molecule has 134 valence electrons. The van der Waals surface area contributed by atoms with Crippen LogP contribution in [0.1, 0.15) is 25.0 Å². The summed E-state index contributed by atoms with van der Waals surface area (Å²) in [6.07, 6.45) is 1.80. The number of benzene rings is 2. The molecular formula is C21H22N2O2S. The summed E-state index contributed by atoms with van der Waals surface area (Å²) in [6, 6.07) is 15.4. The van der Waals surface area contributed by atoms with Gasteiger partial charge in [-0.3, -0.25) is 9.69 Å². The Hall–Kier alpha value is -2.66. The van der Waals surface area contributed by atoms with Gasteiger partial charge in [-0.05, 0) is 66.5 Å². The number of amides is 1. The maximum Gasteiger partial charge on any atom is 0.281 e. The quantitative estimate of drug-likeness (QED) is 0.633. The highest BCUT2D eigenvalue weighted by Gasteiger charge is 2.31. The SMILES string of the molecule is Cc1cccc(N2C(=O)/C(=C\c3cccc(OCC(C)C)c3)NC2=S)c1. The molecule has 26 heavy (non-hydrogen) atoms. The van der Waals surface area contributed by atoms with E-state index in [0.29, 0.717) is 23.3 Å². The Morgan fingerprint density at radius 2 is 1.96 bits per heavy atom. The Kier molecular flexibility index (Phi) is 5.38. The molecular weight excluding hydrogens is 344 g/mol. The number of hydrogen-bond donors (Lipinski definition) is 1. The first-order chi connectivity index (χ1) is 12.4. The highest BCUT2D eigenvalue weighted by Crippen LogP contribution is 2.24. The van der Waals surface area contributed by atoms with Crippen molar-refractivity contribution in [3.63, 3.8) is 0 Å². The highest BCUT2D eigenvalue weighted by molar-refractivity contribution is 7.80. The molecule has 1 amide bonds. The van der Waals surface area contributed by atoms with E-state index in [0.717, 1.165) is 22.6 Å². The molecule has 5 heteroatoms. The second kappa shape index (κ2) is 7.70. The molecule has 0 saturated carbocycles. The molecule has 1 saturated heterocycles.